The lowest BCUT2D eigenvalue weighted by atomic mass is 10.2. The Kier molecular flexibility index (Phi) is 8.00. The second kappa shape index (κ2) is 9.52. The highest BCUT2D eigenvalue weighted by molar-refractivity contribution is 5.58. The SMILES string of the molecule is CCCNc1nc(CC)nc(N(CCO)CCOC)c1C. The van der Waals surface area contributed by atoms with Gasteiger partial charge in [-0.1, -0.05) is 13.8 Å². The summed E-state index contributed by atoms with van der Waals surface area (Å²) in [6, 6.07) is 0. The maximum Gasteiger partial charge on any atom is 0.137 e. The molecule has 0 amide bonds. The summed E-state index contributed by atoms with van der Waals surface area (Å²) in [6.07, 6.45) is 1.83. The number of hydrogen-bond donors (Lipinski definition) is 2. The Morgan fingerprint density at radius 3 is 2.57 bits per heavy atom. The molecule has 0 saturated carbocycles. The second-order valence-electron chi connectivity index (χ2n) is 4.92. The lowest BCUT2D eigenvalue weighted by Gasteiger charge is -2.25. The number of anilines is 2. The lowest BCUT2D eigenvalue weighted by Crippen LogP contribution is -2.32. The van der Waals surface area contributed by atoms with E-state index < -0.39 is 0 Å². The molecule has 0 fully saturated rings. The molecule has 0 radical (unpaired) electrons. The first kappa shape index (κ1) is 17.7. The molecule has 0 unspecified atom stereocenters. The second-order valence-corrected chi connectivity index (χ2v) is 4.92. The summed E-state index contributed by atoms with van der Waals surface area (Å²) in [5.41, 5.74) is 1.02. The van der Waals surface area contributed by atoms with E-state index in [0.717, 1.165) is 42.4 Å². The molecule has 2 N–H and O–H groups in total. The van der Waals surface area contributed by atoms with Crippen LogP contribution in [0, 0.1) is 6.92 Å². The van der Waals surface area contributed by atoms with Gasteiger partial charge in [-0.2, -0.15) is 0 Å². The minimum Gasteiger partial charge on any atom is -0.395 e. The van der Waals surface area contributed by atoms with Crippen LogP contribution in [0.1, 0.15) is 31.7 Å². The Balaban J connectivity index is 3.10. The van der Waals surface area contributed by atoms with Gasteiger partial charge in [0.15, 0.2) is 0 Å². The predicted octanol–water partition coefficient (Wildman–Crippen LogP) is 1.61. The van der Waals surface area contributed by atoms with E-state index in [1.807, 2.05) is 13.8 Å². The molecule has 0 aliphatic rings. The summed E-state index contributed by atoms with van der Waals surface area (Å²) in [4.78, 5) is 11.3. The van der Waals surface area contributed by atoms with Gasteiger partial charge in [-0.15, -0.1) is 0 Å². The molecule has 21 heavy (non-hydrogen) atoms. The van der Waals surface area contributed by atoms with E-state index in [9.17, 15) is 5.11 Å². The normalized spacial score (nSPS) is 10.7. The van der Waals surface area contributed by atoms with Crippen LogP contribution in [-0.4, -0.2) is 55.0 Å². The zero-order valence-electron chi connectivity index (χ0n) is 13.6. The monoisotopic (exact) mass is 296 g/mol. The van der Waals surface area contributed by atoms with Crippen LogP contribution < -0.4 is 10.2 Å². The highest BCUT2D eigenvalue weighted by Gasteiger charge is 2.16. The maximum absolute atomic E-state index is 9.28. The smallest absolute Gasteiger partial charge is 0.137 e. The van der Waals surface area contributed by atoms with Gasteiger partial charge >= 0.3 is 0 Å². The quantitative estimate of drug-likeness (QED) is 0.683. The summed E-state index contributed by atoms with van der Waals surface area (Å²) < 4.78 is 5.15. The third kappa shape index (κ3) is 5.13. The fraction of sp³-hybridized carbons (Fsp3) is 0.733. The van der Waals surface area contributed by atoms with Gasteiger partial charge in [0.2, 0.25) is 0 Å². The average Bonchev–Trinajstić information content (AvgIpc) is 2.50. The van der Waals surface area contributed by atoms with Gasteiger partial charge in [0.05, 0.1) is 13.2 Å². The number of methoxy groups -OCH3 is 1. The molecule has 1 aromatic rings. The Hall–Kier alpha value is -1.40. The Morgan fingerprint density at radius 2 is 2.00 bits per heavy atom. The number of ether oxygens (including phenoxy) is 1. The number of aliphatic hydroxyl groups is 1. The molecule has 0 saturated heterocycles. The van der Waals surface area contributed by atoms with Crippen molar-refractivity contribution in [3.63, 3.8) is 0 Å². The van der Waals surface area contributed by atoms with Gasteiger partial charge in [0, 0.05) is 38.7 Å². The minimum absolute atomic E-state index is 0.0896. The third-order valence-corrected chi connectivity index (χ3v) is 3.26. The van der Waals surface area contributed by atoms with Crippen molar-refractivity contribution in [3.8, 4) is 0 Å². The van der Waals surface area contributed by atoms with Crippen LogP contribution >= 0.6 is 0 Å². The van der Waals surface area contributed by atoms with E-state index in [4.69, 9.17) is 4.74 Å². The predicted molar refractivity (Wildman–Crippen MR) is 86.1 cm³/mol. The first-order valence-electron chi connectivity index (χ1n) is 7.63. The van der Waals surface area contributed by atoms with Gasteiger partial charge in [-0.05, 0) is 13.3 Å². The number of aliphatic hydroxyl groups excluding tert-OH is 1. The van der Waals surface area contributed by atoms with Crippen LogP contribution in [0.2, 0.25) is 0 Å². The summed E-state index contributed by atoms with van der Waals surface area (Å²) in [5, 5.41) is 12.6. The van der Waals surface area contributed by atoms with Crippen molar-refractivity contribution in [2.75, 3.05) is 50.2 Å². The summed E-state index contributed by atoms with van der Waals surface area (Å²) in [7, 11) is 1.68. The van der Waals surface area contributed by atoms with Gasteiger partial charge in [0.25, 0.3) is 0 Å². The first-order valence-corrected chi connectivity index (χ1v) is 7.63. The van der Waals surface area contributed by atoms with Gasteiger partial charge < -0.3 is 20.1 Å². The number of nitrogens with zero attached hydrogens (tertiary/aromatic N) is 3. The fourth-order valence-corrected chi connectivity index (χ4v) is 2.08. The number of rotatable bonds is 10. The van der Waals surface area contributed by atoms with E-state index in [2.05, 4.69) is 27.1 Å². The van der Waals surface area contributed by atoms with Gasteiger partial charge in [0.1, 0.15) is 17.5 Å². The molecule has 6 heteroatoms. The van der Waals surface area contributed by atoms with Crippen LogP contribution in [0.4, 0.5) is 11.6 Å². The molecule has 1 aromatic heterocycles. The van der Waals surface area contributed by atoms with Gasteiger partial charge in [-0.3, -0.25) is 0 Å². The summed E-state index contributed by atoms with van der Waals surface area (Å²) in [6.45, 7) is 9.01. The van der Waals surface area contributed by atoms with Crippen molar-refractivity contribution in [2.24, 2.45) is 0 Å². The molecule has 1 heterocycles. The van der Waals surface area contributed by atoms with Crippen LogP contribution in [0.25, 0.3) is 0 Å². The van der Waals surface area contributed by atoms with Crippen molar-refractivity contribution >= 4 is 11.6 Å². The van der Waals surface area contributed by atoms with Crippen molar-refractivity contribution in [3.05, 3.63) is 11.4 Å². The molecule has 0 aliphatic heterocycles. The zero-order chi connectivity index (χ0) is 15.7. The van der Waals surface area contributed by atoms with Crippen LogP contribution in [0.5, 0.6) is 0 Å². The van der Waals surface area contributed by atoms with Crippen LogP contribution in [-0.2, 0) is 11.2 Å². The molecule has 0 aliphatic carbocycles. The Bertz CT molecular complexity index is 426. The van der Waals surface area contributed by atoms with Crippen molar-refractivity contribution in [1.29, 1.82) is 0 Å². The topological polar surface area (TPSA) is 70.5 Å². The molecular formula is C15H28N4O2. The molecule has 6 nitrogen and oxygen atoms in total. The number of aromatic nitrogens is 2. The van der Waals surface area contributed by atoms with Crippen molar-refractivity contribution < 1.29 is 9.84 Å². The highest BCUT2D eigenvalue weighted by atomic mass is 16.5. The molecule has 0 bridgehead atoms. The maximum atomic E-state index is 9.28. The average molecular weight is 296 g/mol. The van der Waals surface area contributed by atoms with Gasteiger partial charge in [-0.25, -0.2) is 9.97 Å². The minimum atomic E-state index is 0.0896. The molecule has 0 atom stereocenters. The zero-order valence-corrected chi connectivity index (χ0v) is 13.6. The molecule has 1 rings (SSSR count). The summed E-state index contributed by atoms with van der Waals surface area (Å²) >= 11 is 0. The molecular weight excluding hydrogens is 268 g/mol. The third-order valence-electron chi connectivity index (χ3n) is 3.26. The molecule has 120 valence electrons. The van der Waals surface area contributed by atoms with Crippen molar-refractivity contribution in [2.45, 2.75) is 33.6 Å². The van der Waals surface area contributed by atoms with Crippen LogP contribution in [0.15, 0.2) is 0 Å². The van der Waals surface area contributed by atoms with E-state index in [-0.39, 0.29) is 6.61 Å². The Labute approximate surface area is 127 Å². The lowest BCUT2D eigenvalue weighted by molar-refractivity contribution is 0.202. The van der Waals surface area contributed by atoms with E-state index in [1.165, 1.54) is 0 Å². The largest absolute Gasteiger partial charge is 0.395 e. The Morgan fingerprint density at radius 1 is 1.24 bits per heavy atom. The number of hydrogen-bond acceptors (Lipinski definition) is 6. The van der Waals surface area contributed by atoms with E-state index >= 15 is 0 Å². The molecule has 0 aromatic carbocycles. The van der Waals surface area contributed by atoms with E-state index in [1.54, 1.807) is 7.11 Å². The van der Waals surface area contributed by atoms with Crippen molar-refractivity contribution in [1.82, 2.24) is 9.97 Å². The van der Waals surface area contributed by atoms with Crippen LogP contribution in [0.3, 0.4) is 0 Å². The van der Waals surface area contributed by atoms with E-state index in [0.29, 0.717) is 19.7 Å². The molecule has 0 spiro atoms. The summed E-state index contributed by atoms with van der Waals surface area (Å²) in [5.74, 6) is 2.58. The highest BCUT2D eigenvalue weighted by Crippen LogP contribution is 2.23. The standard InChI is InChI=1S/C15H28N4O2/c1-5-7-16-14-12(3)15(18-13(6-2)17-14)19(8-10-20)9-11-21-4/h20H,5-11H2,1-4H3,(H,16,17,18). The fourth-order valence-electron chi connectivity index (χ4n) is 2.08. The number of nitrogens with one attached hydrogen (secondary N) is 1. The first-order chi connectivity index (χ1) is 10.2. The number of aryl methyl sites for hydroxylation is 1.